The van der Waals surface area contributed by atoms with E-state index in [1.54, 1.807) is 73.9 Å². The Morgan fingerprint density at radius 2 is 1.54 bits per heavy atom. The van der Waals surface area contributed by atoms with Crippen molar-refractivity contribution in [3.63, 3.8) is 0 Å². The molecule has 6 heteroatoms. The third-order valence-corrected chi connectivity index (χ3v) is 8.85. The Bertz CT molecular complexity index is 1740. The van der Waals surface area contributed by atoms with Crippen LogP contribution in [0.15, 0.2) is 97.1 Å². The summed E-state index contributed by atoms with van der Waals surface area (Å²) in [5, 5.41) is 0. The van der Waals surface area contributed by atoms with Crippen LogP contribution >= 0.6 is 0 Å². The molecule has 3 atom stereocenters. The SMILES string of the molecule is COc1ccc(C2C(C(=O)c3ccc(C)cc3)N3c4ccc(F)cc4C=CC3C23C(=O)c2ccccc2C3=O)cc1. The van der Waals surface area contributed by atoms with E-state index in [1.165, 1.54) is 12.1 Å². The van der Waals surface area contributed by atoms with Gasteiger partial charge < -0.3 is 9.64 Å². The predicted molar refractivity (Wildman–Crippen MR) is 154 cm³/mol. The van der Waals surface area contributed by atoms with Crippen LogP contribution in [0.4, 0.5) is 10.1 Å². The van der Waals surface area contributed by atoms with Crippen LogP contribution in [0.5, 0.6) is 5.75 Å². The number of halogens is 1. The van der Waals surface area contributed by atoms with Crippen molar-refractivity contribution in [1.82, 2.24) is 0 Å². The Balaban J connectivity index is 1.54. The monoisotopic (exact) mass is 543 g/mol. The number of hydrogen-bond acceptors (Lipinski definition) is 5. The van der Waals surface area contributed by atoms with Gasteiger partial charge in [0.15, 0.2) is 17.3 Å². The van der Waals surface area contributed by atoms with Crippen molar-refractivity contribution >= 4 is 29.1 Å². The Labute approximate surface area is 236 Å². The summed E-state index contributed by atoms with van der Waals surface area (Å²) in [5.41, 5.74) is 2.47. The molecule has 0 radical (unpaired) electrons. The minimum absolute atomic E-state index is 0.213. The highest BCUT2D eigenvalue weighted by molar-refractivity contribution is 6.32. The molecule has 3 aliphatic rings. The fraction of sp³-hybridized carbons (Fsp3) is 0.171. The molecule has 5 nitrogen and oxygen atoms in total. The number of carbonyl (C=O) groups excluding carboxylic acids is 3. The minimum atomic E-state index is -1.61. The second kappa shape index (κ2) is 9.10. The van der Waals surface area contributed by atoms with Gasteiger partial charge in [-0.3, -0.25) is 14.4 Å². The van der Waals surface area contributed by atoms with E-state index in [0.29, 0.717) is 39.3 Å². The zero-order valence-electron chi connectivity index (χ0n) is 22.5. The van der Waals surface area contributed by atoms with Crippen LogP contribution in [0.1, 0.15) is 53.7 Å². The zero-order valence-corrected chi connectivity index (χ0v) is 22.5. The molecule has 4 aromatic carbocycles. The molecular formula is C35H26FNO4. The van der Waals surface area contributed by atoms with Crippen LogP contribution in [-0.4, -0.2) is 36.5 Å². The topological polar surface area (TPSA) is 63.7 Å². The van der Waals surface area contributed by atoms with Gasteiger partial charge >= 0.3 is 0 Å². The fourth-order valence-corrected chi connectivity index (χ4v) is 7.02. The van der Waals surface area contributed by atoms with Crippen LogP contribution < -0.4 is 9.64 Å². The summed E-state index contributed by atoms with van der Waals surface area (Å²) in [6.07, 6.45) is 3.55. The average molecular weight is 544 g/mol. The molecule has 3 unspecified atom stereocenters. The summed E-state index contributed by atoms with van der Waals surface area (Å²) >= 11 is 0. The third kappa shape index (κ3) is 3.43. The summed E-state index contributed by atoms with van der Waals surface area (Å²) in [7, 11) is 1.57. The molecule has 7 rings (SSSR count). The maximum absolute atomic E-state index is 14.6. The summed E-state index contributed by atoms with van der Waals surface area (Å²) in [6, 6.07) is 24.1. The number of aryl methyl sites for hydroxylation is 1. The van der Waals surface area contributed by atoms with Crippen molar-refractivity contribution in [2.45, 2.75) is 24.9 Å². The molecule has 41 heavy (non-hydrogen) atoms. The molecule has 2 heterocycles. The third-order valence-electron chi connectivity index (χ3n) is 8.85. The van der Waals surface area contributed by atoms with Crippen molar-refractivity contribution in [3.05, 3.63) is 136 Å². The van der Waals surface area contributed by atoms with Crippen LogP contribution in [0, 0.1) is 18.2 Å². The highest BCUT2D eigenvalue weighted by Crippen LogP contribution is 2.61. The summed E-state index contributed by atoms with van der Waals surface area (Å²) in [5.74, 6) is -1.44. The molecule has 2 aliphatic heterocycles. The van der Waals surface area contributed by atoms with Crippen molar-refractivity contribution in [1.29, 1.82) is 0 Å². The maximum Gasteiger partial charge on any atom is 0.185 e. The molecule has 0 saturated carbocycles. The quantitative estimate of drug-likeness (QED) is 0.218. The number of fused-ring (bicyclic) bond motifs is 5. The number of carbonyl (C=O) groups is 3. The van der Waals surface area contributed by atoms with Gasteiger partial charge in [0.2, 0.25) is 0 Å². The van der Waals surface area contributed by atoms with E-state index in [-0.39, 0.29) is 17.3 Å². The van der Waals surface area contributed by atoms with Crippen molar-refractivity contribution in [2.75, 3.05) is 12.0 Å². The Morgan fingerprint density at radius 3 is 2.17 bits per heavy atom. The smallest absolute Gasteiger partial charge is 0.185 e. The zero-order chi connectivity index (χ0) is 28.5. The van der Waals surface area contributed by atoms with Crippen LogP contribution in [0.25, 0.3) is 6.08 Å². The normalized spacial score (nSPS) is 21.5. The Hall–Kier alpha value is -4.84. The van der Waals surface area contributed by atoms with Gasteiger partial charge in [0, 0.05) is 33.9 Å². The number of ether oxygens (including phenoxy) is 1. The van der Waals surface area contributed by atoms with E-state index < -0.39 is 29.2 Å². The number of Topliss-reactive ketones (excluding diaryl/α,β-unsaturated/α-hetero) is 3. The highest BCUT2D eigenvalue weighted by atomic mass is 19.1. The largest absolute Gasteiger partial charge is 0.497 e. The van der Waals surface area contributed by atoms with E-state index in [4.69, 9.17) is 4.74 Å². The molecule has 0 aromatic heterocycles. The predicted octanol–water partition coefficient (Wildman–Crippen LogP) is 6.46. The van der Waals surface area contributed by atoms with E-state index in [1.807, 2.05) is 36.1 Å². The number of anilines is 1. The summed E-state index contributed by atoms with van der Waals surface area (Å²) in [6.45, 7) is 1.95. The molecular weight excluding hydrogens is 517 g/mol. The van der Waals surface area contributed by atoms with E-state index in [0.717, 1.165) is 5.56 Å². The molecule has 1 fully saturated rings. The van der Waals surface area contributed by atoms with Gasteiger partial charge in [0.05, 0.1) is 13.2 Å². The molecule has 4 aromatic rings. The van der Waals surface area contributed by atoms with Crippen molar-refractivity contribution in [2.24, 2.45) is 5.41 Å². The number of methoxy groups -OCH3 is 1. The first-order valence-electron chi connectivity index (χ1n) is 13.6. The van der Waals surface area contributed by atoms with Gasteiger partial charge in [0.25, 0.3) is 0 Å². The first-order chi connectivity index (χ1) is 19.9. The molecule has 1 aliphatic carbocycles. The van der Waals surface area contributed by atoms with Crippen molar-refractivity contribution in [3.8, 4) is 5.75 Å². The lowest BCUT2D eigenvalue weighted by molar-refractivity contribution is 0.0666. The minimum Gasteiger partial charge on any atom is -0.497 e. The Morgan fingerprint density at radius 1 is 0.878 bits per heavy atom. The van der Waals surface area contributed by atoms with Gasteiger partial charge in [-0.2, -0.15) is 0 Å². The number of benzene rings is 4. The lowest BCUT2D eigenvalue weighted by Gasteiger charge is -2.37. The summed E-state index contributed by atoms with van der Waals surface area (Å²) in [4.78, 5) is 45.8. The molecule has 0 N–H and O–H groups in total. The number of hydrogen-bond donors (Lipinski definition) is 0. The van der Waals surface area contributed by atoms with Crippen LogP contribution in [0.2, 0.25) is 0 Å². The second-order valence-electron chi connectivity index (χ2n) is 10.9. The van der Waals surface area contributed by atoms with Crippen molar-refractivity contribution < 1.29 is 23.5 Å². The van der Waals surface area contributed by atoms with Gasteiger partial charge in [0.1, 0.15) is 23.0 Å². The molecule has 1 spiro atoms. The average Bonchev–Trinajstić information content (AvgIpc) is 3.43. The standard InChI is InChI=1S/C35H26FNO4/c1-20-7-9-22(10-8-20)32(38)31-30(21-11-15-25(41-2)16-12-21)35(33(39)26-5-3-4-6-27(26)34(35)40)29-18-13-23-19-24(36)14-17-28(23)37(29)31/h3-19,29-31H,1-2H3. The fourth-order valence-electron chi connectivity index (χ4n) is 7.02. The van der Waals surface area contributed by atoms with Crippen LogP contribution in [-0.2, 0) is 0 Å². The van der Waals surface area contributed by atoms with Gasteiger partial charge in [-0.1, -0.05) is 78.4 Å². The van der Waals surface area contributed by atoms with Gasteiger partial charge in [-0.05, 0) is 42.8 Å². The first kappa shape index (κ1) is 25.1. The second-order valence-corrected chi connectivity index (χ2v) is 10.9. The van der Waals surface area contributed by atoms with Gasteiger partial charge in [-0.15, -0.1) is 0 Å². The summed E-state index contributed by atoms with van der Waals surface area (Å²) < 4.78 is 19.8. The molecule has 0 amide bonds. The molecule has 202 valence electrons. The Kier molecular flexibility index (Phi) is 5.58. The lowest BCUT2D eigenvalue weighted by Crippen LogP contribution is -2.48. The lowest BCUT2D eigenvalue weighted by atomic mass is 9.64. The number of nitrogens with zero attached hydrogens (tertiary/aromatic N) is 1. The highest BCUT2D eigenvalue weighted by Gasteiger charge is 2.71. The molecule has 0 bridgehead atoms. The van der Waals surface area contributed by atoms with E-state index in [2.05, 4.69) is 0 Å². The number of ketones is 3. The molecule has 1 saturated heterocycles. The van der Waals surface area contributed by atoms with Crippen LogP contribution in [0.3, 0.4) is 0 Å². The van der Waals surface area contributed by atoms with Gasteiger partial charge in [-0.25, -0.2) is 4.39 Å². The maximum atomic E-state index is 14.6. The van der Waals surface area contributed by atoms with E-state index >= 15 is 0 Å². The number of rotatable bonds is 4. The van der Waals surface area contributed by atoms with E-state index in [9.17, 15) is 18.8 Å². The first-order valence-corrected chi connectivity index (χ1v) is 13.6.